The first-order chi connectivity index (χ1) is 3.89. The summed E-state index contributed by atoms with van der Waals surface area (Å²) in [4.78, 5) is 10.1. The van der Waals surface area contributed by atoms with Crippen LogP contribution in [0.2, 0.25) is 0 Å². The van der Waals surface area contributed by atoms with Crippen LogP contribution in [0, 0.1) is 6.58 Å². The molecule has 46 valence electrons. The summed E-state index contributed by atoms with van der Waals surface area (Å²) in [5, 5.41) is 2.68. The van der Waals surface area contributed by atoms with Gasteiger partial charge in [-0.15, -0.1) is 0 Å². The van der Waals surface area contributed by atoms with Crippen molar-refractivity contribution in [1.29, 1.82) is 0 Å². The van der Waals surface area contributed by atoms with Crippen molar-refractivity contribution in [2.24, 2.45) is 0 Å². The third kappa shape index (κ3) is 6.09. The third-order valence-corrected chi connectivity index (χ3v) is 0.903. The van der Waals surface area contributed by atoms with Crippen LogP contribution in [0.5, 0.6) is 0 Å². The molecular formula is C6H10NNaO. The van der Waals surface area contributed by atoms with Gasteiger partial charge in [-0.3, -0.25) is 11.4 Å². The van der Waals surface area contributed by atoms with Crippen molar-refractivity contribution in [3.05, 3.63) is 13.2 Å². The molecule has 1 amide bonds. The Kier molecular flexibility index (Phi) is 10.9. The van der Waals surface area contributed by atoms with Crippen molar-refractivity contribution < 1.29 is 34.4 Å². The van der Waals surface area contributed by atoms with E-state index in [1.54, 1.807) is 0 Å². The fraction of sp³-hybridized carbons (Fsp3) is 0.500. The van der Waals surface area contributed by atoms with Gasteiger partial charge in [0.25, 0.3) is 0 Å². The maximum absolute atomic E-state index is 10.1. The van der Waals surface area contributed by atoms with Gasteiger partial charge >= 0.3 is 29.6 Å². The Hall–Kier alpha value is 0.210. The molecule has 0 aromatic carbocycles. The van der Waals surface area contributed by atoms with E-state index in [0.29, 0.717) is 0 Å². The SMILES string of the molecule is O=C1CCCN1.[CH-]=C.[Na+]. The van der Waals surface area contributed by atoms with Crippen molar-refractivity contribution in [3.63, 3.8) is 0 Å². The zero-order chi connectivity index (χ0) is 6.41. The molecule has 1 saturated heterocycles. The minimum Gasteiger partial charge on any atom is -0.521 e. The first kappa shape index (κ1) is 11.9. The van der Waals surface area contributed by atoms with E-state index in [1.807, 2.05) is 0 Å². The van der Waals surface area contributed by atoms with Gasteiger partial charge in [0.05, 0.1) is 0 Å². The molecule has 1 aliphatic rings. The molecule has 1 rings (SSSR count). The van der Waals surface area contributed by atoms with Crippen LogP contribution in [0.3, 0.4) is 0 Å². The van der Waals surface area contributed by atoms with E-state index in [2.05, 4.69) is 18.5 Å². The second-order valence-electron chi connectivity index (χ2n) is 1.45. The number of carbonyl (C=O) groups is 1. The Bertz CT molecular complexity index is 77.1. The normalized spacial score (nSPS) is 14.4. The van der Waals surface area contributed by atoms with Gasteiger partial charge in [0.15, 0.2) is 0 Å². The molecule has 9 heavy (non-hydrogen) atoms. The molecule has 0 unspecified atom stereocenters. The van der Waals surface area contributed by atoms with E-state index in [1.165, 1.54) is 0 Å². The summed E-state index contributed by atoms with van der Waals surface area (Å²) >= 11 is 0. The van der Waals surface area contributed by atoms with E-state index in [-0.39, 0.29) is 35.5 Å². The Labute approximate surface area is 78.0 Å². The van der Waals surface area contributed by atoms with Crippen LogP contribution in [0.15, 0.2) is 6.58 Å². The Morgan fingerprint density at radius 3 is 2.22 bits per heavy atom. The summed E-state index contributed by atoms with van der Waals surface area (Å²) in [5.74, 6) is 0.204. The zero-order valence-corrected chi connectivity index (χ0v) is 7.81. The quantitative estimate of drug-likeness (QED) is 0.289. The first-order valence-corrected chi connectivity index (χ1v) is 2.57. The van der Waals surface area contributed by atoms with Gasteiger partial charge in [-0.25, -0.2) is 0 Å². The summed E-state index contributed by atoms with van der Waals surface area (Å²) in [6.07, 6.45) is 1.76. The van der Waals surface area contributed by atoms with Gasteiger partial charge < -0.3 is 11.9 Å². The molecule has 2 nitrogen and oxygen atoms in total. The fourth-order valence-electron chi connectivity index (χ4n) is 0.565. The van der Waals surface area contributed by atoms with Gasteiger partial charge in [-0.05, 0) is 6.42 Å². The van der Waals surface area contributed by atoms with Gasteiger partial charge in [0.2, 0.25) is 5.91 Å². The van der Waals surface area contributed by atoms with E-state index < -0.39 is 0 Å². The predicted molar refractivity (Wildman–Crippen MR) is 32.2 cm³/mol. The van der Waals surface area contributed by atoms with Crippen LogP contribution in [-0.4, -0.2) is 12.5 Å². The standard InChI is InChI=1S/C4H7NO.C2H3.Na/c6-4-2-1-3-5-4;1-2;/h1-3H2,(H,5,6);1H,2H2;/q;-1;+1. The molecule has 0 aromatic heterocycles. The van der Waals surface area contributed by atoms with Crippen molar-refractivity contribution in [2.75, 3.05) is 6.54 Å². The minimum atomic E-state index is 0. The van der Waals surface area contributed by atoms with E-state index in [0.717, 1.165) is 19.4 Å². The van der Waals surface area contributed by atoms with Crippen molar-refractivity contribution in [2.45, 2.75) is 12.8 Å². The first-order valence-electron chi connectivity index (χ1n) is 2.57. The maximum atomic E-state index is 10.1. The van der Waals surface area contributed by atoms with Crippen molar-refractivity contribution >= 4 is 5.91 Å². The second kappa shape index (κ2) is 8.21. The van der Waals surface area contributed by atoms with E-state index in [4.69, 9.17) is 0 Å². The third-order valence-electron chi connectivity index (χ3n) is 0.903. The average molecular weight is 135 g/mol. The topological polar surface area (TPSA) is 29.1 Å². The van der Waals surface area contributed by atoms with Gasteiger partial charge in [0, 0.05) is 13.0 Å². The maximum Gasteiger partial charge on any atom is 1.00 e. The van der Waals surface area contributed by atoms with Crippen LogP contribution in [-0.2, 0) is 4.79 Å². The number of amides is 1. The molecule has 0 spiro atoms. The number of rotatable bonds is 0. The molecular weight excluding hydrogens is 125 g/mol. The number of hydrogen-bond donors (Lipinski definition) is 1. The summed E-state index contributed by atoms with van der Waals surface area (Å²) in [5.41, 5.74) is 0. The fourth-order valence-corrected chi connectivity index (χ4v) is 0.565. The molecule has 0 saturated carbocycles. The van der Waals surface area contributed by atoms with Gasteiger partial charge in [0.1, 0.15) is 0 Å². The van der Waals surface area contributed by atoms with Crippen LogP contribution in [0.4, 0.5) is 0 Å². The Morgan fingerprint density at radius 1 is 1.56 bits per heavy atom. The zero-order valence-electron chi connectivity index (χ0n) is 5.81. The van der Waals surface area contributed by atoms with Crippen molar-refractivity contribution in [3.8, 4) is 0 Å². The molecule has 1 heterocycles. The summed E-state index contributed by atoms with van der Waals surface area (Å²) in [6, 6.07) is 0. The van der Waals surface area contributed by atoms with Crippen LogP contribution in [0.1, 0.15) is 12.8 Å². The molecule has 0 bridgehead atoms. The number of carbonyl (C=O) groups excluding carboxylic acids is 1. The van der Waals surface area contributed by atoms with Crippen LogP contribution in [0.25, 0.3) is 0 Å². The van der Waals surface area contributed by atoms with E-state index >= 15 is 0 Å². The minimum absolute atomic E-state index is 0. The van der Waals surface area contributed by atoms with Crippen LogP contribution < -0.4 is 34.9 Å². The molecule has 1 fully saturated rings. The number of hydrogen-bond acceptors (Lipinski definition) is 1. The van der Waals surface area contributed by atoms with E-state index in [9.17, 15) is 4.79 Å². The molecule has 1 N–H and O–H groups in total. The summed E-state index contributed by atoms with van der Waals surface area (Å²) in [7, 11) is 0. The molecule has 0 aliphatic carbocycles. The largest absolute Gasteiger partial charge is 1.00 e. The average Bonchev–Trinajstić information content (AvgIpc) is 2.24. The summed E-state index contributed by atoms with van der Waals surface area (Å²) < 4.78 is 0. The Balaban J connectivity index is 0. The smallest absolute Gasteiger partial charge is 0.521 e. The monoisotopic (exact) mass is 135 g/mol. The molecule has 0 atom stereocenters. The molecule has 0 aromatic rings. The number of nitrogens with one attached hydrogen (secondary N) is 1. The predicted octanol–water partition coefficient (Wildman–Crippen LogP) is -2.49. The van der Waals surface area contributed by atoms with Gasteiger partial charge in [-0.2, -0.15) is 0 Å². The second-order valence-corrected chi connectivity index (χ2v) is 1.45. The van der Waals surface area contributed by atoms with Crippen LogP contribution >= 0.6 is 0 Å². The Morgan fingerprint density at radius 2 is 2.11 bits per heavy atom. The molecule has 0 radical (unpaired) electrons. The van der Waals surface area contributed by atoms with Gasteiger partial charge in [-0.1, -0.05) is 0 Å². The summed E-state index contributed by atoms with van der Waals surface area (Å²) in [6.45, 7) is 7.89. The molecule has 1 aliphatic heterocycles. The molecule has 3 heteroatoms. The van der Waals surface area contributed by atoms with Crippen molar-refractivity contribution in [1.82, 2.24) is 5.32 Å².